The van der Waals surface area contributed by atoms with Gasteiger partial charge in [-0.05, 0) is 32.4 Å². The fourth-order valence-corrected chi connectivity index (χ4v) is 4.80. The molecule has 6 heteroatoms. The van der Waals surface area contributed by atoms with E-state index in [1.54, 1.807) is 12.1 Å². The van der Waals surface area contributed by atoms with Crippen molar-refractivity contribution in [3.05, 3.63) is 29.8 Å². The normalized spacial score (nSPS) is 13.9. The topological polar surface area (TPSA) is 83.5 Å². The molecule has 1 rings (SSSR count). The number of hydrogen-bond acceptors (Lipinski definition) is 4. The number of carbonyl (C=O) groups excluding carboxylic acids is 1. The van der Waals surface area contributed by atoms with Crippen molar-refractivity contribution in [2.45, 2.75) is 115 Å². The molecule has 0 saturated carbocycles. The van der Waals surface area contributed by atoms with Crippen molar-refractivity contribution >= 4 is 15.8 Å². The van der Waals surface area contributed by atoms with Crippen molar-refractivity contribution in [1.29, 1.82) is 0 Å². The predicted molar refractivity (Wildman–Crippen MR) is 123 cm³/mol. The highest BCUT2D eigenvalue weighted by molar-refractivity contribution is 7.89. The summed E-state index contributed by atoms with van der Waals surface area (Å²) in [4.78, 5) is 12.6. The number of nitrogens with one attached hydrogen (secondary N) is 1. The van der Waals surface area contributed by atoms with E-state index in [2.05, 4.69) is 11.6 Å². The zero-order valence-corrected chi connectivity index (χ0v) is 19.8. The summed E-state index contributed by atoms with van der Waals surface area (Å²) in [5.74, 6) is -0.253. The first kappa shape index (κ1) is 26.8. The molecule has 0 unspecified atom stereocenters. The summed E-state index contributed by atoms with van der Waals surface area (Å²) < 4.78 is 27.5. The van der Waals surface area contributed by atoms with E-state index in [-0.39, 0.29) is 17.1 Å². The van der Waals surface area contributed by atoms with Gasteiger partial charge in [-0.15, -0.1) is 0 Å². The van der Waals surface area contributed by atoms with Crippen molar-refractivity contribution in [3.63, 3.8) is 0 Å². The average molecular weight is 440 g/mol. The van der Waals surface area contributed by atoms with Gasteiger partial charge in [0.05, 0.1) is 11.0 Å². The van der Waals surface area contributed by atoms with Gasteiger partial charge < -0.3 is 5.11 Å². The third-order valence-corrected chi connectivity index (χ3v) is 6.93. The molecule has 0 aliphatic heterocycles. The van der Waals surface area contributed by atoms with Crippen molar-refractivity contribution in [3.8, 4) is 0 Å². The molecule has 0 aromatic heterocycles. The number of benzene rings is 1. The van der Waals surface area contributed by atoms with Crippen LogP contribution in [-0.4, -0.2) is 31.5 Å². The molecular formula is C24H41NO4S. The van der Waals surface area contributed by atoms with E-state index in [9.17, 15) is 18.3 Å². The maximum atomic E-state index is 12.5. The second kappa shape index (κ2) is 14.7. The van der Waals surface area contributed by atoms with Crippen LogP contribution >= 0.6 is 0 Å². The lowest BCUT2D eigenvalue weighted by molar-refractivity contribution is -0.123. The minimum atomic E-state index is -3.85. The zero-order valence-electron chi connectivity index (χ0n) is 19.0. The van der Waals surface area contributed by atoms with Crippen LogP contribution in [0.15, 0.2) is 29.2 Å². The second-order valence-corrected chi connectivity index (χ2v) is 10.1. The van der Waals surface area contributed by atoms with Crippen molar-refractivity contribution in [2.24, 2.45) is 0 Å². The van der Waals surface area contributed by atoms with Gasteiger partial charge in [-0.2, -0.15) is 4.72 Å². The monoisotopic (exact) mass is 439 g/mol. The predicted octanol–water partition coefficient (Wildman–Crippen LogP) is 5.29. The minimum Gasteiger partial charge on any atom is -0.391 e. The molecule has 2 N–H and O–H groups in total. The highest BCUT2D eigenvalue weighted by atomic mass is 32.2. The van der Waals surface area contributed by atoms with Gasteiger partial charge in [-0.25, -0.2) is 8.42 Å². The van der Waals surface area contributed by atoms with Gasteiger partial charge in [0.1, 0.15) is 6.04 Å². The van der Waals surface area contributed by atoms with Crippen molar-refractivity contribution in [2.75, 3.05) is 0 Å². The van der Waals surface area contributed by atoms with E-state index < -0.39 is 22.2 Å². The Bertz CT molecular complexity index is 698. The first-order valence-corrected chi connectivity index (χ1v) is 13.1. The van der Waals surface area contributed by atoms with Gasteiger partial charge in [0.15, 0.2) is 5.78 Å². The molecule has 172 valence electrons. The zero-order chi connectivity index (χ0) is 22.4. The maximum absolute atomic E-state index is 12.5. The van der Waals surface area contributed by atoms with Gasteiger partial charge in [0.25, 0.3) is 0 Å². The number of hydrogen-bond donors (Lipinski definition) is 2. The van der Waals surface area contributed by atoms with Crippen LogP contribution in [0, 0.1) is 6.92 Å². The van der Waals surface area contributed by atoms with Crippen LogP contribution in [-0.2, 0) is 14.8 Å². The molecule has 0 spiro atoms. The fraction of sp³-hybridized carbons (Fsp3) is 0.708. The lowest BCUT2D eigenvalue weighted by Crippen LogP contribution is -2.47. The summed E-state index contributed by atoms with van der Waals surface area (Å²) in [6, 6.07) is 5.31. The van der Waals surface area contributed by atoms with E-state index in [4.69, 9.17) is 0 Å². The lowest BCUT2D eigenvalue weighted by Gasteiger charge is -2.20. The Morgan fingerprint density at radius 1 is 0.900 bits per heavy atom. The summed E-state index contributed by atoms with van der Waals surface area (Å²) in [6.07, 6.45) is 12.3. The Morgan fingerprint density at radius 2 is 1.37 bits per heavy atom. The third kappa shape index (κ3) is 10.7. The van der Waals surface area contributed by atoms with Crippen LogP contribution < -0.4 is 4.72 Å². The standard InChI is InChI=1S/C24H41NO4S/c1-4-5-6-7-8-9-10-11-12-13-14-15-23(27)24(21(3)26)25-30(28,29)22-18-16-20(2)17-19-22/h16-19,21,24-26H,4-15H2,1-3H3/t21-,24+/m1/s1. The molecule has 5 nitrogen and oxygen atoms in total. The van der Waals surface area contributed by atoms with E-state index >= 15 is 0 Å². The Hall–Kier alpha value is -1.24. The first-order valence-electron chi connectivity index (χ1n) is 11.6. The van der Waals surface area contributed by atoms with Crippen LogP contribution in [0.4, 0.5) is 0 Å². The molecule has 1 aromatic carbocycles. The molecule has 1 aromatic rings. The van der Waals surface area contributed by atoms with Crippen molar-refractivity contribution < 1.29 is 18.3 Å². The van der Waals surface area contributed by atoms with Gasteiger partial charge in [0.2, 0.25) is 10.0 Å². The summed E-state index contributed by atoms with van der Waals surface area (Å²) in [5, 5.41) is 9.97. The molecule has 2 atom stereocenters. The molecular weight excluding hydrogens is 398 g/mol. The van der Waals surface area contributed by atoms with E-state index in [0.29, 0.717) is 0 Å². The minimum absolute atomic E-state index is 0.0984. The Balaban J connectivity index is 2.33. The van der Waals surface area contributed by atoms with Crippen LogP contribution in [0.2, 0.25) is 0 Å². The molecule has 0 radical (unpaired) electrons. The number of aliphatic hydroxyl groups is 1. The number of aliphatic hydroxyl groups excluding tert-OH is 1. The number of sulfonamides is 1. The van der Waals surface area contributed by atoms with E-state index in [1.807, 2.05) is 6.92 Å². The second-order valence-electron chi connectivity index (χ2n) is 8.40. The molecule has 0 fully saturated rings. The van der Waals surface area contributed by atoms with Gasteiger partial charge in [0, 0.05) is 6.42 Å². The van der Waals surface area contributed by atoms with Gasteiger partial charge >= 0.3 is 0 Å². The molecule has 30 heavy (non-hydrogen) atoms. The fourth-order valence-electron chi connectivity index (χ4n) is 3.50. The largest absolute Gasteiger partial charge is 0.391 e. The number of Topliss-reactive ketones (excluding diaryl/α,β-unsaturated/α-hetero) is 1. The van der Waals surface area contributed by atoms with Crippen LogP contribution in [0.3, 0.4) is 0 Å². The van der Waals surface area contributed by atoms with Crippen LogP contribution in [0.1, 0.15) is 96.5 Å². The molecule has 0 amide bonds. The van der Waals surface area contributed by atoms with E-state index in [0.717, 1.165) is 24.8 Å². The lowest BCUT2D eigenvalue weighted by atomic mass is 10.0. The number of rotatable bonds is 17. The van der Waals surface area contributed by atoms with Gasteiger partial charge in [-0.3, -0.25) is 4.79 Å². The molecule has 0 saturated heterocycles. The molecule has 0 heterocycles. The number of ketones is 1. The number of aryl methyl sites for hydroxylation is 1. The quantitative estimate of drug-likeness (QED) is 0.323. The molecule has 0 bridgehead atoms. The maximum Gasteiger partial charge on any atom is 0.241 e. The van der Waals surface area contributed by atoms with Crippen molar-refractivity contribution in [1.82, 2.24) is 4.72 Å². The molecule has 0 aliphatic carbocycles. The summed E-state index contributed by atoms with van der Waals surface area (Å²) in [7, 11) is -3.85. The summed E-state index contributed by atoms with van der Waals surface area (Å²) >= 11 is 0. The summed E-state index contributed by atoms with van der Waals surface area (Å²) in [6.45, 7) is 5.55. The number of unbranched alkanes of at least 4 members (excludes halogenated alkanes) is 10. The third-order valence-electron chi connectivity index (χ3n) is 5.47. The SMILES string of the molecule is CCCCCCCCCCCCCC(=O)[C@@H](NS(=O)(=O)c1ccc(C)cc1)[C@@H](C)O. The number of carbonyl (C=O) groups is 1. The highest BCUT2D eigenvalue weighted by Gasteiger charge is 2.28. The average Bonchev–Trinajstić information content (AvgIpc) is 2.70. The first-order chi connectivity index (χ1) is 14.3. The molecule has 0 aliphatic rings. The highest BCUT2D eigenvalue weighted by Crippen LogP contribution is 2.15. The summed E-state index contributed by atoms with van der Waals surface area (Å²) in [5.41, 5.74) is 0.952. The van der Waals surface area contributed by atoms with Gasteiger partial charge in [-0.1, -0.05) is 88.8 Å². The Kier molecular flexibility index (Phi) is 13.1. The van der Waals surface area contributed by atoms with E-state index in [1.165, 1.54) is 70.4 Å². The Labute approximate surface area is 183 Å². The van der Waals surface area contributed by atoms with Crippen LogP contribution in [0.5, 0.6) is 0 Å². The Morgan fingerprint density at radius 3 is 1.83 bits per heavy atom. The smallest absolute Gasteiger partial charge is 0.241 e. The van der Waals surface area contributed by atoms with Crippen LogP contribution in [0.25, 0.3) is 0 Å².